The van der Waals surface area contributed by atoms with E-state index in [4.69, 9.17) is 56.8 Å². The first-order valence-corrected chi connectivity index (χ1v) is 32.1. The van der Waals surface area contributed by atoms with Crippen LogP contribution in [0.5, 0.6) is 0 Å². The summed E-state index contributed by atoms with van der Waals surface area (Å²) in [7, 11) is 0. The first kappa shape index (κ1) is 71.5. The van der Waals surface area contributed by atoms with Gasteiger partial charge in [0.15, 0.2) is 0 Å². The molecule has 3 saturated heterocycles. The second-order valence-electron chi connectivity index (χ2n) is 21.3. The fourth-order valence-corrected chi connectivity index (χ4v) is 9.82. The Morgan fingerprint density at radius 3 is 0.474 bits per heavy atom. The molecular formula is C60H122N6O12. The molecule has 0 bridgehead atoms. The van der Waals surface area contributed by atoms with Crippen molar-refractivity contribution in [2.45, 2.75) is 128 Å². The predicted octanol–water partition coefficient (Wildman–Crippen LogP) is 6.42. The van der Waals surface area contributed by atoms with E-state index in [1.54, 1.807) is 0 Å². The molecule has 0 saturated carbocycles. The van der Waals surface area contributed by atoms with E-state index >= 15 is 0 Å². The molecule has 3 fully saturated rings. The van der Waals surface area contributed by atoms with Gasteiger partial charge in [-0.15, -0.1) is 0 Å². The lowest BCUT2D eigenvalue weighted by Gasteiger charge is -2.23. The summed E-state index contributed by atoms with van der Waals surface area (Å²) in [5, 5.41) is 6.66. The van der Waals surface area contributed by atoms with Crippen LogP contribution in [0.3, 0.4) is 0 Å². The van der Waals surface area contributed by atoms with Crippen molar-refractivity contribution in [3.8, 4) is 0 Å². The summed E-state index contributed by atoms with van der Waals surface area (Å²) in [6.07, 6.45) is 26.2. The molecule has 18 nitrogen and oxygen atoms in total. The summed E-state index contributed by atoms with van der Waals surface area (Å²) in [5.41, 5.74) is 0. The maximum atomic E-state index is 6.04. The van der Waals surface area contributed by atoms with E-state index in [9.17, 15) is 0 Å². The second kappa shape index (κ2) is 59.4. The summed E-state index contributed by atoms with van der Waals surface area (Å²) >= 11 is 0. The van der Waals surface area contributed by atoms with Gasteiger partial charge in [0.05, 0.1) is 159 Å². The first-order chi connectivity index (χ1) is 38.9. The van der Waals surface area contributed by atoms with E-state index in [1.165, 1.54) is 128 Å². The zero-order chi connectivity index (χ0) is 54.6. The van der Waals surface area contributed by atoms with Gasteiger partial charge < -0.3 is 67.5 Å². The van der Waals surface area contributed by atoms with Crippen LogP contribution in [0.25, 0.3) is 0 Å². The van der Waals surface area contributed by atoms with Crippen molar-refractivity contribution in [3.05, 3.63) is 0 Å². The number of hydrogen-bond donors (Lipinski definition) is 2. The number of rotatable bonds is 26. The van der Waals surface area contributed by atoms with Crippen molar-refractivity contribution in [2.24, 2.45) is 0 Å². The molecule has 3 heterocycles. The van der Waals surface area contributed by atoms with Gasteiger partial charge in [-0.05, 0) is 51.9 Å². The lowest BCUT2D eigenvalue weighted by Crippen LogP contribution is -2.34. The van der Waals surface area contributed by atoms with Gasteiger partial charge in [0.2, 0.25) is 0 Å². The van der Waals surface area contributed by atoms with E-state index in [1.807, 2.05) is 0 Å². The van der Waals surface area contributed by atoms with Crippen LogP contribution in [0.1, 0.15) is 128 Å². The third-order valence-corrected chi connectivity index (χ3v) is 14.7. The Hall–Kier alpha value is -0.720. The smallest absolute Gasteiger partial charge is 0.0701 e. The Labute approximate surface area is 477 Å². The zero-order valence-corrected chi connectivity index (χ0v) is 50.1. The van der Waals surface area contributed by atoms with Gasteiger partial charge in [-0.1, -0.05) is 103 Å². The quantitative estimate of drug-likeness (QED) is 0.0919. The average molecular weight is 1120 g/mol. The second-order valence-corrected chi connectivity index (χ2v) is 21.3. The van der Waals surface area contributed by atoms with Gasteiger partial charge in [-0.3, -0.25) is 19.6 Å². The van der Waals surface area contributed by atoms with Crippen molar-refractivity contribution in [2.75, 3.05) is 263 Å². The molecule has 78 heavy (non-hydrogen) atoms. The molecule has 0 aromatic heterocycles. The Morgan fingerprint density at radius 1 is 0.167 bits per heavy atom. The molecule has 0 aromatic rings. The van der Waals surface area contributed by atoms with E-state index in [-0.39, 0.29) is 0 Å². The molecule has 0 aromatic carbocycles. The third kappa shape index (κ3) is 49.9. The average Bonchev–Trinajstić information content (AvgIpc) is 3.44. The summed E-state index contributed by atoms with van der Waals surface area (Å²) in [5.74, 6) is 0. The van der Waals surface area contributed by atoms with Crippen LogP contribution in [-0.2, 0) is 56.8 Å². The Balaban J connectivity index is 1.12. The van der Waals surface area contributed by atoms with E-state index < -0.39 is 0 Å². The fourth-order valence-electron chi connectivity index (χ4n) is 9.82. The molecule has 0 atom stereocenters. The highest BCUT2D eigenvalue weighted by atomic mass is 16.5. The van der Waals surface area contributed by atoms with Crippen LogP contribution in [0, 0.1) is 0 Å². The lowest BCUT2D eigenvalue weighted by atomic mass is 10.1. The molecule has 3 aliphatic rings. The lowest BCUT2D eigenvalue weighted by molar-refractivity contribution is 0.00776. The number of ether oxygens (including phenoxy) is 12. The Morgan fingerprint density at radius 2 is 0.308 bits per heavy atom. The molecule has 464 valence electrons. The topological polar surface area (TPSA) is 148 Å². The van der Waals surface area contributed by atoms with Crippen molar-refractivity contribution in [1.29, 1.82) is 0 Å². The predicted molar refractivity (Wildman–Crippen MR) is 314 cm³/mol. The van der Waals surface area contributed by atoms with Gasteiger partial charge in [-0.25, -0.2) is 0 Å². The van der Waals surface area contributed by atoms with Crippen LogP contribution < -0.4 is 10.6 Å². The molecule has 0 spiro atoms. The standard InChI is InChI=1S/C60H122N6O12/c1(5-9-13-17-25-63-29-41-71-53-49-67-37-21-61-22-38-68-50-54-72-42-30-63)3-7-11-15-19-27-65-33-45-75-57-59-77-47-35-66(36-48-78-60-58-76-46-34-65)28-20-16-12-8-4-2-6-10-14-18-26-64-31-43-73-55-51-69-39-23-62-24-40-70-52-56-74-44-32-64/h61-62H,1-60H2. The molecule has 0 aliphatic carbocycles. The molecule has 2 N–H and O–H groups in total. The highest BCUT2D eigenvalue weighted by molar-refractivity contribution is 4.64. The summed E-state index contributed by atoms with van der Waals surface area (Å²) in [6.45, 7) is 31.8. The largest absolute Gasteiger partial charge is 0.378 e. The minimum atomic E-state index is 0.647. The van der Waals surface area contributed by atoms with Gasteiger partial charge in [-0.2, -0.15) is 0 Å². The highest BCUT2D eigenvalue weighted by Gasteiger charge is 2.11. The normalized spacial score (nSPS) is 21.8. The molecule has 18 heteroatoms. The molecule has 0 unspecified atom stereocenters. The van der Waals surface area contributed by atoms with E-state index in [0.29, 0.717) is 106 Å². The van der Waals surface area contributed by atoms with Gasteiger partial charge >= 0.3 is 0 Å². The molecule has 0 amide bonds. The van der Waals surface area contributed by atoms with Crippen LogP contribution in [0.15, 0.2) is 0 Å². The minimum absolute atomic E-state index is 0.647. The van der Waals surface area contributed by atoms with Crippen LogP contribution in [0.4, 0.5) is 0 Å². The first-order valence-electron chi connectivity index (χ1n) is 32.1. The maximum Gasteiger partial charge on any atom is 0.0701 e. The van der Waals surface area contributed by atoms with Crippen molar-refractivity contribution >= 4 is 0 Å². The van der Waals surface area contributed by atoms with Gasteiger partial charge in [0.25, 0.3) is 0 Å². The van der Waals surface area contributed by atoms with Crippen molar-refractivity contribution in [3.63, 3.8) is 0 Å². The highest BCUT2D eigenvalue weighted by Crippen LogP contribution is 2.14. The van der Waals surface area contributed by atoms with Gasteiger partial charge in [0, 0.05) is 78.5 Å². The van der Waals surface area contributed by atoms with E-state index in [0.717, 1.165) is 158 Å². The van der Waals surface area contributed by atoms with Crippen molar-refractivity contribution < 1.29 is 56.8 Å². The molecule has 0 radical (unpaired) electrons. The maximum absolute atomic E-state index is 6.04. The summed E-state index contributed by atoms with van der Waals surface area (Å²) in [4.78, 5) is 10.0. The molecule has 3 rings (SSSR count). The zero-order valence-electron chi connectivity index (χ0n) is 50.1. The molecular weight excluding hydrogens is 997 g/mol. The number of nitrogens with zero attached hydrogens (tertiary/aromatic N) is 4. The van der Waals surface area contributed by atoms with E-state index in [2.05, 4.69) is 30.2 Å². The van der Waals surface area contributed by atoms with Crippen molar-refractivity contribution in [1.82, 2.24) is 30.2 Å². The Kier molecular flexibility index (Phi) is 54.5. The monoisotopic (exact) mass is 1120 g/mol. The van der Waals surface area contributed by atoms with Crippen LogP contribution in [-0.4, -0.2) is 283 Å². The van der Waals surface area contributed by atoms with Crippen LogP contribution >= 0.6 is 0 Å². The third-order valence-electron chi connectivity index (χ3n) is 14.7. The number of nitrogens with one attached hydrogen (secondary N) is 2. The summed E-state index contributed by atoms with van der Waals surface area (Å²) < 4.78 is 70.3. The summed E-state index contributed by atoms with van der Waals surface area (Å²) in [6, 6.07) is 0. The number of unbranched alkanes of at least 4 members (excludes halogenated alkanes) is 18. The minimum Gasteiger partial charge on any atom is -0.378 e. The molecule has 3 aliphatic heterocycles. The fraction of sp³-hybridized carbons (Fsp3) is 1.00. The Bertz CT molecular complexity index is 1040. The SMILES string of the molecule is C(CCCCCCN1CCOCCOCCN(CCCCCCCCCCCCN2CCOCCOCCNCCOCCOCC2)CCOCCOCC1)CCCCCN1CCOCCOCCNCCOCCOCC1. The van der Waals surface area contributed by atoms with Gasteiger partial charge in [0.1, 0.15) is 0 Å². The number of hydrogen-bond acceptors (Lipinski definition) is 18. The van der Waals surface area contributed by atoms with Crippen LogP contribution in [0.2, 0.25) is 0 Å².